The Kier molecular flexibility index (Phi) is 3.46. The maximum absolute atomic E-state index is 6.13. The Morgan fingerprint density at radius 2 is 1.90 bits per heavy atom. The number of nitrogens with zero attached hydrogens (tertiary/aromatic N) is 3. The zero-order chi connectivity index (χ0) is 15.3. The molecule has 0 spiro atoms. The fourth-order valence-electron chi connectivity index (χ4n) is 2.29. The lowest BCUT2D eigenvalue weighted by atomic mass is 9.79. The van der Waals surface area contributed by atoms with Gasteiger partial charge in [-0.3, -0.25) is 0 Å². The predicted octanol–water partition coefficient (Wildman–Crippen LogP) is 2.19. The topological polar surface area (TPSA) is 49.2 Å². The van der Waals surface area contributed by atoms with Gasteiger partial charge in [-0.1, -0.05) is 6.92 Å². The summed E-state index contributed by atoms with van der Waals surface area (Å²) in [5, 5.41) is 7.41. The zero-order valence-corrected chi connectivity index (χ0v) is 13.9. The SMILES string of the molecule is CCc1nn(-c2nccs2)cc1B1OC(C)(C)C(C)(C)O1. The molecule has 112 valence electrons. The highest BCUT2D eigenvalue weighted by atomic mass is 32.1. The van der Waals surface area contributed by atoms with E-state index in [1.54, 1.807) is 17.5 Å². The third kappa shape index (κ3) is 2.43. The number of aromatic nitrogens is 3. The second-order valence-electron chi connectivity index (χ2n) is 6.23. The average Bonchev–Trinajstić information content (AvgIpc) is 3.08. The first-order valence-corrected chi connectivity index (χ1v) is 8.06. The molecule has 0 bridgehead atoms. The maximum atomic E-state index is 6.13. The summed E-state index contributed by atoms with van der Waals surface area (Å²) in [6, 6.07) is 0. The molecule has 0 aliphatic carbocycles. The van der Waals surface area contributed by atoms with E-state index in [0.29, 0.717) is 0 Å². The molecule has 0 N–H and O–H groups in total. The van der Waals surface area contributed by atoms with Crippen LogP contribution in [0, 0.1) is 0 Å². The van der Waals surface area contributed by atoms with Crippen LogP contribution in [0.3, 0.4) is 0 Å². The third-order valence-corrected chi connectivity index (χ3v) is 5.04. The van der Waals surface area contributed by atoms with Crippen molar-refractivity contribution < 1.29 is 9.31 Å². The lowest BCUT2D eigenvalue weighted by molar-refractivity contribution is 0.00578. The molecule has 21 heavy (non-hydrogen) atoms. The highest BCUT2D eigenvalue weighted by Crippen LogP contribution is 2.36. The molecule has 7 heteroatoms. The number of hydrogen-bond acceptors (Lipinski definition) is 5. The molecule has 2 aromatic rings. The molecule has 3 rings (SSSR count). The van der Waals surface area contributed by atoms with Gasteiger partial charge in [0.1, 0.15) is 0 Å². The minimum Gasteiger partial charge on any atom is -0.399 e. The maximum Gasteiger partial charge on any atom is 0.498 e. The Morgan fingerprint density at radius 3 is 2.43 bits per heavy atom. The van der Waals surface area contributed by atoms with Gasteiger partial charge in [0.05, 0.1) is 16.9 Å². The minimum absolute atomic E-state index is 0.341. The minimum atomic E-state index is -0.376. The molecule has 1 fully saturated rings. The van der Waals surface area contributed by atoms with E-state index in [9.17, 15) is 0 Å². The lowest BCUT2D eigenvalue weighted by Crippen LogP contribution is -2.41. The van der Waals surface area contributed by atoms with E-state index in [2.05, 4.69) is 44.7 Å². The van der Waals surface area contributed by atoms with Crippen LogP contribution in [0.25, 0.3) is 5.13 Å². The van der Waals surface area contributed by atoms with E-state index in [0.717, 1.165) is 22.7 Å². The molecule has 0 atom stereocenters. The normalized spacial score (nSPS) is 20.1. The van der Waals surface area contributed by atoms with E-state index >= 15 is 0 Å². The fourth-order valence-corrected chi connectivity index (χ4v) is 2.86. The van der Waals surface area contributed by atoms with Gasteiger partial charge in [-0.05, 0) is 34.1 Å². The Morgan fingerprint density at radius 1 is 1.24 bits per heavy atom. The van der Waals surface area contributed by atoms with Crippen molar-refractivity contribution in [1.82, 2.24) is 14.8 Å². The largest absolute Gasteiger partial charge is 0.498 e. The number of hydrogen-bond donors (Lipinski definition) is 0. The van der Waals surface area contributed by atoms with Crippen molar-refractivity contribution >= 4 is 23.9 Å². The Hall–Kier alpha value is -1.18. The van der Waals surface area contributed by atoms with Gasteiger partial charge in [-0.15, -0.1) is 11.3 Å². The highest BCUT2D eigenvalue weighted by Gasteiger charge is 2.52. The van der Waals surface area contributed by atoms with Crippen molar-refractivity contribution in [2.24, 2.45) is 0 Å². The molecule has 0 radical (unpaired) electrons. The van der Waals surface area contributed by atoms with Crippen LogP contribution in [0.4, 0.5) is 0 Å². The third-order valence-electron chi connectivity index (χ3n) is 4.28. The van der Waals surface area contributed by atoms with Crippen molar-refractivity contribution in [1.29, 1.82) is 0 Å². The van der Waals surface area contributed by atoms with Crippen LogP contribution in [0.15, 0.2) is 17.8 Å². The van der Waals surface area contributed by atoms with E-state index in [4.69, 9.17) is 9.31 Å². The summed E-state index contributed by atoms with van der Waals surface area (Å²) >= 11 is 1.56. The van der Waals surface area contributed by atoms with Gasteiger partial charge < -0.3 is 9.31 Å². The molecular formula is C14H20BN3O2S. The monoisotopic (exact) mass is 305 g/mol. The van der Waals surface area contributed by atoms with Gasteiger partial charge in [0, 0.05) is 23.2 Å². The fraction of sp³-hybridized carbons (Fsp3) is 0.571. The van der Waals surface area contributed by atoms with Crippen molar-refractivity contribution in [3.8, 4) is 5.13 Å². The smallest absolute Gasteiger partial charge is 0.399 e. The zero-order valence-electron chi connectivity index (χ0n) is 13.1. The van der Waals surface area contributed by atoms with Crippen molar-refractivity contribution in [2.75, 3.05) is 0 Å². The van der Waals surface area contributed by atoms with Crippen molar-refractivity contribution in [2.45, 2.75) is 52.2 Å². The summed E-state index contributed by atoms with van der Waals surface area (Å²) in [6.45, 7) is 10.3. The molecule has 1 saturated heterocycles. The van der Waals surface area contributed by atoms with Gasteiger partial charge >= 0.3 is 7.12 Å². The standard InChI is InChI=1S/C14H20BN3O2S/c1-6-11-10(9-18(17-11)12-16-7-8-21-12)15-19-13(2,3)14(4,5)20-15/h7-9H,6H2,1-5H3. The van der Waals surface area contributed by atoms with Gasteiger partial charge in [-0.2, -0.15) is 5.10 Å². The number of rotatable bonds is 3. The molecule has 5 nitrogen and oxygen atoms in total. The second kappa shape index (κ2) is 4.93. The summed E-state index contributed by atoms with van der Waals surface area (Å²) in [5.74, 6) is 0. The van der Waals surface area contributed by atoms with E-state index < -0.39 is 0 Å². The number of aryl methyl sites for hydroxylation is 1. The van der Waals surface area contributed by atoms with Crippen molar-refractivity contribution in [3.05, 3.63) is 23.5 Å². The molecular weight excluding hydrogens is 285 g/mol. The van der Waals surface area contributed by atoms with Crippen LogP contribution >= 0.6 is 11.3 Å². The molecule has 3 heterocycles. The molecule has 0 aromatic carbocycles. The van der Waals surface area contributed by atoms with Crippen LogP contribution in [0.1, 0.15) is 40.3 Å². The van der Waals surface area contributed by atoms with Crippen LogP contribution in [0.5, 0.6) is 0 Å². The Balaban J connectivity index is 1.96. The first kappa shape index (κ1) is 14.7. The average molecular weight is 305 g/mol. The van der Waals surface area contributed by atoms with Crippen LogP contribution in [0.2, 0.25) is 0 Å². The van der Waals surface area contributed by atoms with Gasteiger partial charge in [0.2, 0.25) is 5.13 Å². The predicted molar refractivity (Wildman–Crippen MR) is 84.3 cm³/mol. The summed E-state index contributed by atoms with van der Waals surface area (Å²) in [6.07, 6.45) is 4.58. The van der Waals surface area contributed by atoms with Gasteiger partial charge in [0.15, 0.2) is 0 Å². The molecule has 1 aliphatic heterocycles. The number of thiazole rings is 1. The van der Waals surface area contributed by atoms with Gasteiger partial charge in [-0.25, -0.2) is 9.67 Å². The molecule has 0 amide bonds. The first-order chi connectivity index (χ1) is 9.84. The van der Waals surface area contributed by atoms with Crippen molar-refractivity contribution in [3.63, 3.8) is 0 Å². The van der Waals surface area contributed by atoms with Crippen LogP contribution in [-0.4, -0.2) is 33.1 Å². The molecule has 0 unspecified atom stereocenters. The quantitative estimate of drug-likeness (QED) is 0.816. The second-order valence-corrected chi connectivity index (χ2v) is 7.11. The molecule has 1 aliphatic rings. The summed E-state index contributed by atoms with van der Waals surface area (Å²) < 4.78 is 14.1. The first-order valence-electron chi connectivity index (χ1n) is 7.18. The Bertz CT molecular complexity index is 621. The lowest BCUT2D eigenvalue weighted by Gasteiger charge is -2.32. The summed E-state index contributed by atoms with van der Waals surface area (Å²) in [5.41, 5.74) is 1.30. The van der Waals surface area contributed by atoms with Crippen LogP contribution in [-0.2, 0) is 15.7 Å². The summed E-state index contributed by atoms with van der Waals surface area (Å²) in [7, 11) is -0.376. The highest BCUT2D eigenvalue weighted by molar-refractivity contribution is 7.12. The van der Waals surface area contributed by atoms with Gasteiger partial charge in [0.25, 0.3) is 0 Å². The van der Waals surface area contributed by atoms with Crippen LogP contribution < -0.4 is 5.46 Å². The molecule has 0 saturated carbocycles. The van der Waals surface area contributed by atoms with E-state index in [1.807, 2.05) is 16.3 Å². The summed E-state index contributed by atoms with van der Waals surface area (Å²) in [4.78, 5) is 4.30. The van der Waals surface area contributed by atoms with E-state index in [-0.39, 0.29) is 18.3 Å². The Labute approximate surface area is 129 Å². The molecule has 2 aromatic heterocycles. The van der Waals surface area contributed by atoms with E-state index in [1.165, 1.54) is 0 Å².